The molecule has 37 heavy (non-hydrogen) atoms. The lowest BCUT2D eigenvalue weighted by Crippen LogP contribution is -2.52. The van der Waals surface area contributed by atoms with Crippen LogP contribution in [0.25, 0.3) is 0 Å². The van der Waals surface area contributed by atoms with Crippen LogP contribution in [0, 0.1) is 6.92 Å². The maximum Gasteiger partial charge on any atom is 0.243 e. The molecule has 0 unspecified atom stereocenters. The molecule has 3 aromatic rings. The smallest absolute Gasteiger partial charge is 0.243 e. The van der Waals surface area contributed by atoms with Crippen molar-refractivity contribution in [3.63, 3.8) is 0 Å². The molecular weight excluding hydrogens is 456 g/mol. The zero-order valence-electron chi connectivity index (χ0n) is 22.3. The first kappa shape index (κ1) is 26.7. The van der Waals surface area contributed by atoms with Crippen LogP contribution in [-0.2, 0) is 35.4 Å². The van der Waals surface area contributed by atoms with Crippen LogP contribution >= 0.6 is 0 Å². The van der Waals surface area contributed by atoms with Gasteiger partial charge in [0.05, 0.1) is 0 Å². The first-order chi connectivity index (χ1) is 18.0. The number of hydrogen-bond acceptors (Lipinski definition) is 2. The summed E-state index contributed by atoms with van der Waals surface area (Å²) in [5.41, 5.74) is 5.70. The molecule has 1 N–H and O–H groups in total. The maximum atomic E-state index is 13.8. The highest BCUT2D eigenvalue weighted by molar-refractivity contribution is 5.88. The maximum absolute atomic E-state index is 13.8. The molecule has 1 fully saturated rings. The Morgan fingerprint density at radius 1 is 0.865 bits per heavy atom. The Morgan fingerprint density at radius 2 is 1.54 bits per heavy atom. The van der Waals surface area contributed by atoms with Crippen molar-refractivity contribution in [2.45, 2.75) is 83.8 Å². The average Bonchev–Trinajstić information content (AvgIpc) is 3.43. The van der Waals surface area contributed by atoms with Crippen molar-refractivity contribution in [2.24, 2.45) is 0 Å². The van der Waals surface area contributed by atoms with Gasteiger partial charge in [-0.3, -0.25) is 9.59 Å². The Bertz CT molecular complexity index is 1150. The largest absolute Gasteiger partial charge is 0.352 e. The zero-order chi connectivity index (χ0) is 26.0. The van der Waals surface area contributed by atoms with E-state index < -0.39 is 6.04 Å². The van der Waals surface area contributed by atoms with Gasteiger partial charge in [0.1, 0.15) is 6.04 Å². The molecule has 4 heteroatoms. The Labute approximate surface area is 222 Å². The molecular formula is C33H40N2O2. The fourth-order valence-electron chi connectivity index (χ4n) is 5.27. The SMILES string of the molecule is CCc1ccc(CCC(=O)N(Cc2cccc(C)c2)[C@@H](Cc2ccccc2)C(=O)NC2CCCC2)cc1. The molecule has 0 aliphatic heterocycles. The highest BCUT2D eigenvalue weighted by atomic mass is 16.2. The number of benzene rings is 3. The molecule has 1 saturated carbocycles. The van der Waals surface area contributed by atoms with Crippen molar-refractivity contribution in [1.82, 2.24) is 10.2 Å². The number of rotatable bonds is 11. The number of carbonyl (C=O) groups is 2. The van der Waals surface area contributed by atoms with E-state index >= 15 is 0 Å². The van der Waals surface area contributed by atoms with Gasteiger partial charge in [0.2, 0.25) is 11.8 Å². The summed E-state index contributed by atoms with van der Waals surface area (Å²) >= 11 is 0. The second-order valence-corrected chi connectivity index (χ2v) is 10.4. The molecule has 0 aromatic heterocycles. The minimum absolute atomic E-state index is 0.0172. The number of nitrogens with zero attached hydrogens (tertiary/aromatic N) is 1. The van der Waals surface area contributed by atoms with Gasteiger partial charge in [0.25, 0.3) is 0 Å². The Morgan fingerprint density at radius 3 is 2.22 bits per heavy atom. The molecule has 3 aromatic carbocycles. The summed E-state index contributed by atoms with van der Waals surface area (Å²) in [6.45, 7) is 4.62. The van der Waals surface area contributed by atoms with E-state index in [1.54, 1.807) is 0 Å². The second kappa shape index (κ2) is 13.2. The Balaban J connectivity index is 1.59. The Kier molecular flexibility index (Phi) is 9.53. The van der Waals surface area contributed by atoms with Gasteiger partial charge < -0.3 is 10.2 Å². The minimum Gasteiger partial charge on any atom is -0.352 e. The van der Waals surface area contributed by atoms with Crippen LogP contribution in [0.1, 0.15) is 66.8 Å². The van der Waals surface area contributed by atoms with Gasteiger partial charge in [-0.25, -0.2) is 0 Å². The fourth-order valence-corrected chi connectivity index (χ4v) is 5.27. The van der Waals surface area contributed by atoms with Crippen LogP contribution in [0.3, 0.4) is 0 Å². The second-order valence-electron chi connectivity index (χ2n) is 10.4. The zero-order valence-corrected chi connectivity index (χ0v) is 22.3. The van der Waals surface area contributed by atoms with Gasteiger partial charge in [-0.15, -0.1) is 0 Å². The van der Waals surface area contributed by atoms with Crippen LogP contribution < -0.4 is 5.32 Å². The molecule has 0 saturated heterocycles. The van der Waals surface area contributed by atoms with Crippen LogP contribution in [-0.4, -0.2) is 28.8 Å². The lowest BCUT2D eigenvalue weighted by atomic mass is 10.0. The number of aryl methyl sites for hydroxylation is 3. The molecule has 0 radical (unpaired) electrons. The molecule has 1 aliphatic carbocycles. The molecule has 2 amide bonds. The molecule has 0 spiro atoms. The van der Waals surface area contributed by atoms with Gasteiger partial charge in [-0.05, 0) is 54.9 Å². The lowest BCUT2D eigenvalue weighted by Gasteiger charge is -2.32. The van der Waals surface area contributed by atoms with Crippen molar-refractivity contribution in [2.75, 3.05) is 0 Å². The predicted octanol–water partition coefficient (Wildman–Crippen LogP) is 6.19. The van der Waals surface area contributed by atoms with Gasteiger partial charge >= 0.3 is 0 Å². The molecule has 4 rings (SSSR count). The highest BCUT2D eigenvalue weighted by Crippen LogP contribution is 2.21. The van der Waals surface area contributed by atoms with Gasteiger partial charge in [0, 0.05) is 25.4 Å². The van der Waals surface area contributed by atoms with Crippen molar-refractivity contribution in [3.8, 4) is 0 Å². The molecule has 1 atom stereocenters. The van der Waals surface area contributed by atoms with E-state index in [2.05, 4.69) is 55.6 Å². The van der Waals surface area contributed by atoms with Crippen molar-refractivity contribution < 1.29 is 9.59 Å². The van der Waals surface area contributed by atoms with E-state index in [-0.39, 0.29) is 17.9 Å². The number of hydrogen-bond donors (Lipinski definition) is 1. The van der Waals surface area contributed by atoms with Crippen molar-refractivity contribution >= 4 is 11.8 Å². The minimum atomic E-state index is -0.557. The number of amides is 2. The summed E-state index contributed by atoms with van der Waals surface area (Å²) in [5, 5.41) is 3.29. The summed E-state index contributed by atoms with van der Waals surface area (Å²) in [4.78, 5) is 29.4. The van der Waals surface area contributed by atoms with Crippen LogP contribution in [0.2, 0.25) is 0 Å². The highest BCUT2D eigenvalue weighted by Gasteiger charge is 2.32. The quantitative estimate of drug-likeness (QED) is 0.344. The third-order valence-corrected chi connectivity index (χ3v) is 7.47. The van der Waals surface area contributed by atoms with Gasteiger partial charge in [-0.2, -0.15) is 0 Å². The summed E-state index contributed by atoms with van der Waals surface area (Å²) in [7, 11) is 0. The van der Waals surface area contributed by atoms with E-state index in [1.165, 1.54) is 5.56 Å². The first-order valence-electron chi connectivity index (χ1n) is 13.8. The van der Waals surface area contributed by atoms with E-state index in [0.29, 0.717) is 25.8 Å². The number of nitrogens with one attached hydrogen (secondary N) is 1. The first-order valence-corrected chi connectivity index (χ1v) is 13.8. The number of carbonyl (C=O) groups excluding carboxylic acids is 2. The Hall–Kier alpha value is -3.40. The average molecular weight is 497 g/mol. The molecule has 1 aliphatic rings. The topological polar surface area (TPSA) is 49.4 Å². The molecule has 0 heterocycles. The van der Waals surface area contributed by atoms with Gasteiger partial charge in [0.15, 0.2) is 0 Å². The third-order valence-electron chi connectivity index (χ3n) is 7.47. The molecule has 0 bridgehead atoms. The lowest BCUT2D eigenvalue weighted by molar-refractivity contribution is -0.141. The summed E-state index contributed by atoms with van der Waals surface area (Å²) in [6.07, 6.45) is 6.87. The molecule has 4 nitrogen and oxygen atoms in total. The van der Waals surface area contributed by atoms with E-state index in [4.69, 9.17) is 0 Å². The van der Waals surface area contributed by atoms with E-state index in [1.807, 2.05) is 47.4 Å². The van der Waals surface area contributed by atoms with Crippen LogP contribution in [0.5, 0.6) is 0 Å². The summed E-state index contributed by atoms with van der Waals surface area (Å²) in [6, 6.07) is 26.4. The van der Waals surface area contributed by atoms with Crippen LogP contribution in [0.15, 0.2) is 78.9 Å². The van der Waals surface area contributed by atoms with E-state index in [9.17, 15) is 9.59 Å². The fraction of sp³-hybridized carbons (Fsp3) is 0.394. The summed E-state index contributed by atoms with van der Waals surface area (Å²) < 4.78 is 0. The predicted molar refractivity (Wildman–Crippen MR) is 150 cm³/mol. The van der Waals surface area contributed by atoms with Crippen LogP contribution in [0.4, 0.5) is 0 Å². The third kappa shape index (κ3) is 7.79. The monoisotopic (exact) mass is 496 g/mol. The molecule has 194 valence electrons. The van der Waals surface area contributed by atoms with Crippen molar-refractivity contribution in [3.05, 3.63) is 107 Å². The normalized spacial score (nSPS) is 14.3. The van der Waals surface area contributed by atoms with Gasteiger partial charge in [-0.1, -0.05) is 104 Å². The van der Waals surface area contributed by atoms with Crippen molar-refractivity contribution in [1.29, 1.82) is 0 Å². The van der Waals surface area contributed by atoms with E-state index in [0.717, 1.165) is 54.4 Å². The summed E-state index contributed by atoms with van der Waals surface area (Å²) in [5.74, 6) is -0.0207. The standard InChI is InChI=1S/C33H40N2O2/c1-3-26-16-18-27(19-17-26)20-21-32(36)35(24-29-13-9-10-25(2)22-29)31(23-28-11-5-4-6-12-28)33(37)34-30-14-7-8-15-30/h4-6,9-13,16-19,22,30-31H,3,7-8,14-15,20-21,23-24H2,1-2H3,(H,34,37)/t31-/m0/s1.